The summed E-state index contributed by atoms with van der Waals surface area (Å²) in [6.45, 7) is 0. The summed E-state index contributed by atoms with van der Waals surface area (Å²) in [5.41, 5.74) is 11.1. The fourth-order valence-corrected chi connectivity index (χ4v) is 12.4. The molecule has 1 nitrogen and oxygen atoms in total. The summed E-state index contributed by atoms with van der Waals surface area (Å²) >= 11 is 1.22. The summed E-state index contributed by atoms with van der Waals surface area (Å²) in [4.78, 5) is 4.41. The molecule has 152 valence electrons. The molecule has 0 amide bonds. The van der Waals surface area contributed by atoms with Gasteiger partial charge in [0.15, 0.2) is 0 Å². The molecule has 2 aliphatic carbocycles. The third kappa shape index (κ3) is 3.75. The van der Waals surface area contributed by atoms with Gasteiger partial charge < -0.3 is 24.8 Å². The van der Waals surface area contributed by atoms with Gasteiger partial charge in [0.05, 0.1) is 0 Å². The summed E-state index contributed by atoms with van der Waals surface area (Å²) in [6.07, 6.45) is 5.92. The van der Waals surface area contributed by atoms with Crippen molar-refractivity contribution in [2.24, 2.45) is 0 Å². The molecule has 0 saturated carbocycles. The second kappa shape index (κ2) is 9.08. The standard InChI is InChI=1S/C13H9.C12H7BrN.2ClH.S.Zr/c1-3-7-12-10(5-1)9-11-6-2-4-8-13(11)12;13-10-1-2-11-9(6-10)5-8-3-4-14-7-12(8)11;;;;/h1-7H,9H2;1,3-4,6-7H,5H2;2*1H;;/q;;;;;+2/p-2. The number of aromatic nitrogens is 1. The molecule has 1 aromatic heterocycles. The molecule has 3 aromatic carbocycles. The molecule has 2 aliphatic rings. The number of nitrogens with zero attached hydrogens (tertiary/aromatic N) is 1. The van der Waals surface area contributed by atoms with E-state index in [1.54, 1.807) is 0 Å². The van der Waals surface area contributed by atoms with Crippen molar-refractivity contribution >= 4 is 31.3 Å². The van der Waals surface area contributed by atoms with Crippen molar-refractivity contribution < 1.29 is 44.5 Å². The first kappa shape index (κ1) is 23.1. The van der Waals surface area contributed by atoms with Crippen molar-refractivity contribution in [1.82, 2.24) is 4.98 Å². The van der Waals surface area contributed by atoms with Crippen molar-refractivity contribution in [3.05, 3.63) is 99.8 Å². The second-order valence-corrected chi connectivity index (χ2v) is 15.3. The van der Waals surface area contributed by atoms with Crippen molar-refractivity contribution in [3.63, 3.8) is 0 Å². The van der Waals surface area contributed by atoms with Gasteiger partial charge in [0.1, 0.15) is 0 Å². The van der Waals surface area contributed by atoms with E-state index in [0.717, 1.165) is 17.3 Å². The molecule has 6 rings (SSSR count). The Labute approximate surface area is 213 Å². The summed E-state index contributed by atoms with van der Waals surface area (Å²) in [5.74, 6) is 0. The van der Waals surface area contributed by atoms with Crippen LogP contribution in [0.5, 0.6) is 0 Å². The van der Waals surface area contributed by atoms with Crippen LogP contribution < -0.4 is 31.4 Å². The zero-order valence-electron chi connectivity index (χ0n) is 16.3. The Kier molecular flexibility index (Phi) is 6.78. The Bertz CT molecular complexity index is 1360. The molecule has 6 heteroatoms. The third-order valence-electron chi connectivity index (χ3n) is 6.05. The number of pyridine rings is 1. The minimum atomic E-state index is -2.54. The predicted molar refractivity (Wildman–Crippen MR) is 122 cm³/mol. The number of fused-ring (bicyclic) bond motifs is 6. The first-order valence-electron chi connectivity index (χ1n) is 9.71. The van der Waals surface area contributed by atoms with Crippen molar-refractivity contribution in [2.75, 3.05) is 0 Å². The Hall–Kier alpha value is -1.03. The SMILES string of the molecule is [Cl-].[Cl-].[S]=[Zr+2]([c]1cccc2c1-c1ccccc1C2)[c]1cc(Br)cc2c1-c1cnccc1C2. The first-order valence-corrected chi connectivity index (χ1v) is 16.4. The van der Waals surface area contributed by atoms with Gasteiger partial charge in [0, 0.05) is 0 Å². The fraction of sp³-hybridized carbons (Fsp3) is 0.0800. The van der Waals surface area contributed by atoms with Crippen LogP contribution in [0.1, 0.15) is 22.3 Å². The maximum absolute atomic E-state index is 6.43. The van der Waals surface area contributed by atoms with E-state index in [4.69, 9.17) is 8.86 Å². The Morgan fingerprint density at radius 1 is 0.742 bits per heavy atom. The first-order chi connectivity index (χ1) is 14.2. The van der Waals surface area contributed by atoms with Crippen LogP contribution in [-0.2, 0) is 32.6 Å². The Morgan fingerprint density at radius 3 is 2.32 bits per heavy atom. The van der Waals surface area contributed by atoms with Crippen LogP contribution >= 0.6 is 24.8 Å². The van der Waals surface area contributed by atoms with Gasteiger partial charge in [-0.05, 0) is 0 Å². The van der Waals surface area contributed by atoms with Gasteiger partial charge in [-0.1, -0.05) is 0 Å². The predicted octanol–water partition coefficient (Wildman–Crippen LogP) is -0.324. The van der Waals surface area contributed by atoms with Gasteiger partial charge in [0.2, 0.25) is 0 Å². The van der Waals surface area contributed by atoms with Crippen LogP contribution in [0.2, 0.25) is 0 Å². The second-order valence-electron chi connectivity index (χ2n) is 7.70. The summed E-state index contributed by atoms with van der Waals surface area (Å²) in [7, 11) is 6.43. The Morgan fingerprint density at radius 2 is 1.45 bits per heavy atom. The van der Waals surface area contributed by atoms with E-state index < -0.39 is 19.7 Å². The molecule has 0 unspecified atom stereocenters. The van der Waals surface area contributed by atoms with Crippen LogP contribution in [0.25, 0.3) is 22.3 Å². The molecule has 0 saturated heterocycles. The molecule has 0 atom stereocenters. The van der Waals surface area contributed by atoms with E-state index in [1.807, 2.05) is 12.4 Å². The van der Waals surface area contributed by atoms with Gasteiger partial charge >= 0.3 is 191 Å². The van der Waals surface area contributed by atoms with Crippen molar-refractivity contribution in [2.45, 2.75) is 12.8 Å². The van der Waals surface area contributed by atoms with Gasteiger partial charge in [-0.15, -0.1) is 0 Å². The molecule has 31 heavy (non-hydrogen) atoms. The van der Waals surface area contributed by atoms with E-state index in [0.29, 0.717) is 0 Å². The summed E-state index contributed by atoms with van der Waals surface area (Å²) in [5, 5.41) is 0. The van der Waals surface area contributed by atoms with E-state index in [9.17, 15) is 0 Å². The molecule has 1 heterocycles. The molecule has 0 spiro atoms. The topological polar surface area (TPSA) is 12.9 Å². The average Bonchev–Trinajstić information content (AvgIpc) is 3.30. The van der Waals surface area contributed by atoms with E-state index in [-0.39, 0.29) is 24.8 Å². The monoisotopic (exact) mass is 601 g/mol. The van der Waals surface area contributed by atoms with Crippen molar-refractivity contribution in [3.8, 4) is 22.3 Å². The van der Waals surface area contributed by atoms with Gasteiger partial charge in [0.25, 0.3) is 0 Å². The molecule has 0 N–H and O–H groups in total. The van der Waals surface area contributed by atoms with E-state index in [2.05, 4.69) is 81.6 Å². The Balaban J connectivity index is 0.00000116. The molecular weight excluding hydrogens is 588 g/mol. The molecule has 0 bridgehead atoms. The maximum atomic E-state index is 6.43. The fourth-order valence-electron chi connectivity index (χ4n) is 4.83. The molecule has 4 aromatic rings. The molecule has 0 aliphatic heterocycles. The number of hydrogen-bond acceptors (Lipinski definition) is 2. The summed E-state index contributed by atoms with van der Waals surface area (Å²) in [6, 6.07) is 22.3. The molecule has 0 radical (unpaired) electrons. The van der Waals surface area contributed by atoms with Crippen molar-refractivity contribution in [1.29, 1.82) is 0 Å². The van der Waals surface area contributed by atoms with Crippen LogP contribution in [-0.4, -0.2) is 4.98 Å². The quantitative estimate of drug-likeness (QED) is 0.269. The van der Waals surface area contributed by atoms with E-state index in [1.165, 1.54) is 51.1 Å². The molecule has 0 fully saturated rings. The number of hydrogen-bond donors (Lipinski definition) is 0. The van der Waals surface area contributed by atoms with Gasteiger partial charge in [-0.3, -0.25) is 0 Å². The minimum absolute atomic E-state index is 0. The molecular formula is C25H16BrCl2NSZr. The van der Waals surface area contributed by atoms with E-state index >= 15 is 0 Å². The number of rotatable bonds is 2. The van der Waals surface area contributed by atoms with Gasteiger partial charge in [-0.2, -0.15) is 0 Å². The van der Waals surface area contributed by atoms with Crippen LogP contribution in [0.3, 0.4) is 0 Å². The number of benzene rings is 3. The normalized spacial score (nSPS) is 11.7. The van der Waals surface area contributed by atoms with Gasteiger partial charge in [-0.25, -0.2) is 0 Å². The van der Waals surface area contributed by atoms with Crippen LogP contribution in [0.4, 0.5) is 0 Å². The third-order valence-corrected chi connectivity index (χ3v) is 13.5. The van der Waals surface area contributed by atoms with Crippen LogP contribution in [0, 0.1) is 0 Å². The number of halogens is 3. The summed E-state index contributed by atoms with van der Waals surface area (Å²) < 4.78 is 3.97. The average molecular weight is 605 g/mol. The zero-order valence-corrected chi connectivity index (χ0v) is 22.7. The van der Waals surface area contributed by atoms with Crippen LogP contribution in [0.15, 0.2) is 77.5 Å². The zero-order chi connectivity index (χ0) is 19.5.